The maximum Gasteiger partial charge on any atom is 0.167 e. The summed E-state index contributed by atoms with van der Waals surface area (Å²) in [6, 6.07) is 9.97. The van der Waals surface area contributed by atoms with Gasteiger partial charge in [0.05, 0.1) is 12.9 Å². The van der Waals surface area contributed by atoms with E-state index in [2.05, 4.69) is 20.3 Å². The normalized spacial score (nSPS) is 24.3. The van der Waals surface area contributed by atoms with Crippen LogP contribution < -0.4 is 5.32 Å². The Hall–Kier alpha value is -2.59. The van der Waals surface area contributed by atoms with Crippen molar-refractivity contribution in [1.82, 2.24) is 19.5 Å². The Bertz CT molecular complexity index is 964. The fourth-order valence-corrected chi connectivity index (χ4v) is 3.50. The molecule has 1 fully saturated rings. The van der Waals surface area contributed by atoms with E-state index in [4.69, 9.17) is 4.74 Å². The largest absolute Gasteiger partial charge is 0.394 e. The average molecular weight is 399 g/mol. The molecule has 4 atom stereocenters. The number of nitrogens with zero attached hydrogens (tertiary/aromatic N) is 4. The number of imidazole rings is 1. The van der Waals surface area contributed by atoms with Crippen LogP contribution in [0.5, 0.6) is 0 Å². The number of hydrogen-bond donors (Lipinski definition) is 4. The van der Waals surface area contributed by atoms with Gasteiger partial charge in [0, 0.05) is 13.0 Å². The van der Waals surface area contributed by atoms with E-state index in [1.54, 1.807) is 4.57 Å². The molecule has 0 amide bonds. The van der Waals surface area contributed by atoms with Gasteiger partial charge in [-0.3, -0.25) is 4.57 Å². The van der Waals surface area contributed by atoms with Crippen LogP contribution >= 0.6 is 0 Å². The first-order valence-corrected chi connectivity index (χ1v) is 9.76. The Morgan fingerprint density at radius 1 is 1.14 bits per heavy atom. The maximum absolute atomic E-state index is 10.4. The van der Waals surface area contributed by atoms with Crippen molar-refractivity contribution < 1.29 is 20.1 Å². The first-order chi connectivity index (χ1) is 14.1. The Labute approximate surface area is 168 Å². The maximum atomic E-state index is 10.4. The summed E-state index contributed by atoms with van der Waals surface area (Å²) in [6.45, 7) is 2.24. The number of aliphatic hydroxyl groups excluding tert-OH is 3. The molecule has 0 bridgehead atoms. The third kappa shape index (κ3) is 3.82. The number of benzene rings is 1. The van der Waals surface area contributed by atoms with E-state index >= 15 is 0 Å². The Morgan fingerprint density at radius 3 is 2.62 bits per heavy atom. The van der Waals surface area contributed by atoms with Crippen molar-refractivity contribution in [1.29, 1.82) is 0 Å². The lowest BCUT2D eigenvalue weighted by atomic mass is 10.1. The van der Waals surface area contributed by atoms with Crippen molar-refractivity contribution in [2.45, 2.75) is 50.8 Å². The van der Waals surface area contributed by atoms with Crippen molar-refractivity contribution in [2.75, 3.05) is 11.9 Å². The van der Waals surface area contributed by atoms with Crippen molar-refractivity contribution in [3.63, 3.8) is 0 Å². The molecule has 0 saturated carbocycles. The molecule has 1 aliphatic rings. The van der Waals surface area contributed by atoms with Gasteiger partial charge in [0.1, 0.15) is 24.1 Å². The lowest BCUT2D eigenvalue weighted by Gasteiger charge is -2.17. The molecule has 2 aromatic heterocycles. The van der Waals surface area contributed by atoms with Crippen LogP contribution in [0.15, 0.2) is 36.7 Å². The van der Waals surface area contributed by atoms with Gasteiger partial charge in [0.25, 0.3) is 0 Å². The number of aliphatic hydroxyl groups is 3. The third-order valence-corrected chi connectivity index (χ3v) is 5.04. The predicted molar refractivity (Wildman–Crippen MR) is 106 cm³/mol. The molecule has 9 heteroatoms. The zero-order valence-electron chi connectivity index (χ0n) is 16.1. The quantitative estimate of drug-likeness (QED) is 0.464. The summed E-state index contributed by atoms with van der Waals surface area (Å²) in [5.74, 6) is 1.26. The van der Waals surface area contributed by atoms with Gasteiger partial charge < -0.3 is 25.4 Å². The Balaban J connectivity index is 1.70. The van der Waals surface area contributed by atoms with Gasteiger partial charge in [-0.15, -0.1) is 0 Å². The van der Waals surface area contributed by atoms with Crippen LogP contribution in [0.1, 0.15) is 31.0 Å². The van der Waals surface area contributed by atoms with E-state index in [-0.39, 0.29) is 6.61 Å². The first-order valence-electron chi connectivity index (χ1n) is 9.76. The fourth-order valence-electron chi connectivity index (χ4n) is 3.50. The summed E-state index contributed by atoms with van der Waals surface area (Å²) in [7, 11) is 0. The lowest BCUT2D eigenvalue weighted by molar-refractivity contribution is -0.0511. The van der Waals surface area contributed by atoms with Crippen LogP contribution in [0.2, 0.25) is 0 Å². The average Bonchev–Trinajstić information content (AvgIpc) is 3.28. The standard InChI is InChI=1S/C20H25N5O4/c1-2-6-14-23-18(21-9-12-7-4-3-5-8-12)15-19(24-14)25(11-22-15)20-17(28)16(27)13(10-26)29-20/h3-5,7-8,11,13,16-17,20,26-28H,2,6,9-10H2,1H3,(H,21,23,24)/t13-,16-,17-,20-/m1/s1. The summed E-state index contributed by atoms with van der Waals surface area (Å²) < 4.78 is 7.24. The van der Waals surface area contributed by atoms with Crippen LogP contribution in [0, 0.1) is 0 Å². The molecule has 4 rings (SSSR count). The van der Waals surface area contributed by atoms with Crippen molar-refractivity contribution >= 4 is 17.0 Å². The highest BCUT2D eigenvalue weighted by molar-refractivity contribution is 5.83. The smallest absolute Gasteiger partial charge is 0.167 e. The predicted octanol–water partition coefficient (Wildman–Crippen LogP) is 1.00. The summed E-state index contributed by atoms with van der Waals surface area (Å²) in [4.78, 5) is 13.7. The van der Waals surface area contributed by atoms with Gasteiger partial charge in [-0.25, -0.2) is 15.0 Å². The molecule has 29 heavy (non-hydrogen) atoms. The van der Waals surface area contributed by atoms with Gasteiger partial charge >= 0.3 is 0 Å². The number of aryl methyl sites for hydroxylation is 1. The van der Waals surface area contributed by atoms with E-state index in [0.29, 0.717) is 35.8 Å². The van der Waals surface area contributed by atoms with Crippen LogP contribution in [-0.4, -0.2) is 59.8 Å². The highest BCUT2D eigenvalue weighted by Crippen LogP contribution is 2.32. The van der Waals surface area contributed by atoms with E-state index in [1.807, 2.05) is 37.3 Å². The highest BCUT2D eigenvalue weighted by Gasteiger charge is 2.44. The second-order valence-electron chi connectivity index (χ2n) is 7.13. The molecule has 9 nitrogen and oxygen atoms in total. The molecular weight excluding hydrogens is 374 g/mol. The van der Waals surface area contributed by atoms with Crippen LogP contribution in [0.3, 0.4) is 0 Å². The molecule has 0 spiro atoms. The Kier molecular flexibility index (Phi) is 5.72. The summed E-state index contributed by atoms with van der Waals surface area (Å²) in [5.41, 5.74) is 2.17. The summed E-state index contributed by atoms with van der Waals surface area (Å²) in [6.07, 6.45) is -1.05. The highest BCUT2D eigenvalue weighted by atomic mass is 16.6. The van der Waals surface area contributed by atoms with Gasteiger partial charge in [0.2, 0.25) is 0 Å². The second-order valence-corrected chi connectivity index (χ2v) is 7.13. The molecule has 3 heterocycles. The van der Waals surface area contributed by atoms with Crippen molar-refractivity contribution in [2.24, 2.45) is 0 Å². The summed E-state index contributed by atoms with van der Waals surface area (Å²) in [5, 5.41) is 33.2. The molecule has 3 aromatic rings. The minimum Gasteiger partial charge on any atom is -0.394 e. The number of fused-ring (bicyclic) bond motifs is 1. The lowest BCUT2D eigenvalue weighted by Crippen LogP contribution is -2.33. The number of nitrogens with one attached hydrogen (secondary N) is 1. The molecule has 4 N–H and O–H groups in total. The zero-order chi connectivity index (χ0) is 20.4. The number of anilines is 1. The minimum absolute atomic E-state index is 0.388. The van der Waals surface area contributed by atoms with Gasteiger partial charge in [-0.05, 0) is 12.0 Å². The van der Waals surface area contributed by atoms with Crippen molar-refractivity contribution in [3.8, 4) is 0 Å². The Morgan fingerprint density at radius 2 is 1.93 bits per heavy atom. The SMILES string of the molecule is CCCc1nc(NCc2ccccc2)c2ncn([C@@H]3O[C@H](CO)[C@@H](O)[C@H]3O)c2n1. The van der Waals surface area contributed by atoms with E-state index in [1.165, 1.54) is 6.33 Å². The number of ether oxygens (including phenoxy) is 1. The zero-order valence-corrected chi connectivity index (χ0v) is 16.1. The first kappa shape index (κ1) is 19.7. The van der Waals surface area contributed by atoms with Gasteiger partial charge in [0.15, 0.2) is 23.2 Å². The number of aromatic nitrogens is 4. The molecule has 1 saturated heterocycles. The molecule has 1 aliphatic heterocycles. The molecule has 0 unspecified atom stereocenters. The number of hydrogen-bond acceptors (Lipinski definition) is 8. The van der Waals surface area contributed by atoms with E-state index in [0.717, 1.165) is 12.0 Å². The molecule has 1 aromatic carbocycles. The van der Waals surface area contributed by atoms with E-state index in [9.17, 15) is 15.3 Å². The van der Waals surface area contributed by atoms with Crippen molar-refractivity contribution in [3.05, 3.63) is 48.0 Å². The molecule has 0 aliphatic carbocycles. The van der Waals surface area contributed by atoms with Gasteiger partial charge in [-0.2, -0.15) is 0 Å². The molecule has 154 valence electrons. The molecule has 0 radical (unpaired) electrons. The van der Waals surface area contributed by atoms with Crippen LogP contribution in [-0.2, 0) is 17.7 Å². The van der Waals surface area contributed by atoms with E-state index < -0.39 is 24.5 Å². The minimum atomic E-state index is -1.20. The number of rotatable bonds is 7. The fraction of sp³-hybridized carbons (Fsp3) is 0.450. The van der Waals surface area contributed by atoms with Gasteiger partial charge in [-0.1, -0.05) is 37.3 Å². The van der Waals surface area contributed by atoms with Crippen LogP contribution in [0.25, 0.3) is 11.2 Å². The third-order valence-electron chi connectivity index (χ3n) is 5.04. The topological polar surface area (TPSA) is 126 Å². The molecular formula is C20H25N5O4. The monoisotopic (exact) mass is 399 g/mol. The summed E-state index contributed by atoms with van der Waals surface area (Å²) >= 11 is 0. The van der Waals surface area contributed by atoms with Crippen LogP contribution in [0.4, 0.5) is 5.82 Å². The second kappa shape index (κ2) is 8.42.